The van der Waals surface area contributed by atoms with Crippen LogP contribution in [0.3, 0.4) is 0 Å². The van der Waals surface area contributed by atoms with Gasteiger partial charge in [-0.05, 0) is 68.2 Å². The number of carbonyl (C=O) groups is 1. The number of hydrogen-bond acceptors (Lipinski definition) is 3. The van der Waals surface area contributed by atoms with Gasteiger partial charge in [0.15, 0.2) is 5.11 Å². The first-order valence-corrected chi connectivity index (χ1v) is 9.47. The highest BCUT2D eigenvalue weighted by Gasteiger charge is 2.59. The Morgan fingerprint density at radius 3 is 2.41 bits per heavy atom. The van der Waals surface area contributed by atoms with Crippen molar-refractivity contribution in [1.82, 2.24) is 0 Å². The highest BCUT2D eigenvalue weighted by molar-refractivity contribution is 7.81. The summed E-state index contributed by atoms with van der Waals surface area (Å²) in [6.07, 6.45) is -2.71. The SMILES string of the molecule is Cc1ccccc1N1C(=S)N(c2ccc(C#N)c(C(F)(F)F)c2)C(=O)C12CCC2. The second kappa shape index (κ2) is 6.56. The van der Waals surface area contributed by atoms with Crippen LogP contribution in [0.5, 0.6) is 0 Å². The maximum atomic E-state index is 13.4. The number of para-hydroxylation sites is 1. The van der Waals surface area contributed by atoms with Crippen molar-refractivity contribution in [2.24, 2.45) is 0 Å². The lowest BCUT2D eigenvalue weighted by atomic mass is 9.75. The highest BCUT2D eigenvalue weighted by atomic mass is 32.1. The number of alkyl halides is 3. The third-order valence-electron chi connectivity index (χ3n) is 5.64. The Morgan fingerprint density at radius 1 is 1.17 bits per heavy atom. The van der Waals surface area contributed by atoms with Crippen LogP contribution in [0.4, 0.5) is 24.5 Å². The topological polar surface area (TPSA) is 47.3 Å². The first-order valence-electron chi connectivity index (χ1n) is 9.06. The minimum atomic E-state index is -4.71. The minimum absolute atomic E-state index is 0.0219. The van der Waals surface area contributed by atoms with Crippen LogP contribution in [-0.2, 0) is 11.0 Å². The Kier molecular flexibility index (Phi) is 4.39. The lowest BCUT2D eigenvalue weighted by molar-refractivity contribution is -0.137. The predicted molar refractivity (Wildman–Crippen MR) is 106 cm³/mol. The lowest BCUT2D eigenvalue weighted by Crippen LogP contribution is -2.55. The number of nitrogens with zero attached hydrogens (tertiary/aromatic N) is 3. The Balaban J connectivity index is 1.85. The second-order valence-electron chi connectivity index (χ2n) is 7.27. The van der Waals surface area contributed by atoms with Gasteiger partial charge in [-0.25, -0.2) is 0 Å². The van der Waals surface area contributed by atoms with Gasteiger partial charge in [-0.1, -0.05) is 18.2 Å². The summed E-state index contributed by atoms with van der Waals surface area (Å²) in [7, 11) is 0. The first kappa shape index (κ1) is 19.4. The average molecular weight is 415 g/mol. The summed E-state index contributed by atoms with van der Waals surface area (Å²) in [4.78, 5) is 16.3. The summed E-state index contributed by atoms with van der Waals surface area (Å²) in [5.41, 5.74) is -0.716. The molecule has 1 spiro atoms. The molecule has 0 radical (unpaired) electrons. The second-order valence-corrected chi connectivity index (χ2v) is 7.63. The number of rotatable bonds is 2. The van der Waals surface area contributed by atoms with Crippen molar-refractivity contribution >= 4 is 34.6 Å². The third-order valence-corrected chi connectivity index (χ3v) is 6.00. The molecule has 8 heteroatoms. The summed E-state index contributed by atoms with van der Waals surface area (Å²) in [5, 5.41) is 9.18. The Hall–Kier alpha value is -2.92. The number of anilines is 2. The molecule has 4 rings (SSSR count). The molecule has 1 aliphatic heterocycles. The van der Waals surface area contributed by atoms with E-state index in [0.717, 1.165) is 29.8 Å². The zero-order valence-electron chi connectivity index (χ0n) is 15.5. The van der Waals surface area contributed by atoms with Crippen molar-refractivity contribution in [3.8, 4) is 6.07 Å². The van der Waals surface area contributed by atoms with E-state index in [0.29, 0.717) is 12.8 Å². The van der Waals surface area contributed by atoms with Gasteiger partial charge in [-0.2, -0.15) is 18.4 Å². The van der Waals surface area contributed by atoms with E-state index in [1.165, 1.54) is 11.0 Å². The van der Waals surface area contributed by atoms with E-state index in [9.17, 15) is 18.0 Å². The fraction of sp³-hybridized carbons (Fsp3) is 0.286. The van der Waals surface area contributed by atoms with Gasteiger partial charge in [0.2, 0.25) is 0 Å². The standard InChI is InChI=1S/C21H16F3N3OS/c1-13-5-2-3-6-17(13)27-19(29)26(18(28)20(27)9-4-10-20)15-8-7-14(12-25)16(11-15)21(22,23)24/h2-3,5-8,11H,4,9-10H2,1H3. The molecule has 1 saturated carbocycles. The maximum Gasteiger partial charge on any atom is 0.417 e. The van der Waals surface area contributed by atoms with Gasteiger partial charge in [0.25, 0.3) is 5.91 Å². The molecule has 2 aromatic carbocycles. The van der Waals surface area contributed by atoms with Crippen LogP contribution in [0.2, 0.25) is 0 Å². The molecular formula is C21H16F3N3OS. The highest BCUT2D eigenvalue weighted by Crippen LogP contribution is 2.48. The smallest absolute Gasteiger partial charge is 0.303 e. The van der Waals surface area contributed by atoms with Crippen molar-refractivity contribution in [3.63, 3.8) is 0 Å². The van der Waals surface area contributed by atoms with E-state index >= 15 is 0 Å². The van der Waals surface area contributed by atoms with Crippen LogP contribution in [0.25, 0.3) is 0 Å². The van der Waals surface area contributed by atoms with E-state index in [-0.39, 0.29) is 16.7 Å². The third kappa shape index (κ3) is 2.80. The molecule has 29 heavy (non-hydrogen) atoms. The molecule has 1 heterocycles. The predicted octanol–water partition coefficient (Wildman–Crippen LogP) is 4.95. The molecule has 0 bridgehead atoms. The number of hydrogen-bond donors (Lipinski definition) is 0. The number of halogens is 3. The van der Waals surface area contributed by atoms with Crippen LogP contribution in [-0.4, -0.2) is 16.6 Å². The summed E-state index contributed by atoms with van der Waals surface area (Å²) in [6, 6.07) is 12.3. The van der Waals surface area contributed by atoms with Crippen LogP contribution in [0.1, 0.15) is 36.0 Å². The molecule has 1 saturated heterocycles. The number of amides is 1. The van der Waals surface area contributed by atoms with Gasteiger partial charge in [-0.15, -0.1) is 0 Å². The number of carbonyl (C=O) groups excluding carboxylic acids is 1. The molecule has 1 aliphatic carbocycles. The molecule has 0 unspecified atom stereocenters. The minimum Gasteiger partial charge on any atom is -0.303 e. The van der Waals surface area contributed by atoms with Gasteiger partial charge in [0, 0.05) is 5.69 Å². The average Bonchev–Trinajstić information content (AvgIpc) is 2.88. The summed E-state index contributed by atoms with van der Waals surface area (Å²) >= 11 is 5.59. The summed E-state index contributed by atoms with van der Waals surface area (Å²) < 4.78 is 40.3. The number of thiocarbonyl (C=S) groups is 1. The Labute approximate surface area is 171 Å². The monoisotopic (exact) mass is 415 g/mol. The number of benzene rings is 2. The molecule has 1 amide bonds. The Bertz CT molecular complexity index is 1070. The molecular weight excluding hydrogens is 399 g/mol. The van der Waals surface area contributed by atoms with Gasteiger partial charge in [0.1, 0.15) is 5.54 Å². The molecule has 2 aromatic rings. The Morgan fingerprint density at radius 2 is 1.86 bits per heavy atom. The van der Waals surface area contributed by atoms with Crippen molar-refractivity contribution in [1.29, 1.82) is 5.26 Å². The van der Waals surface area contributed by atoms with Crippen molar-refractivity contribution in [2.75, 3.05) is 9.80 Å². The van der Waals surface area contributed by atoms with Crippen LogP contribution >= 0.6 is 12.2 Å². The number of aryl methyl sites for hydroxylation is 1. The molecule has 4 nitrogen and oxygen atoms in total. The van der Waals surface area contributed by atoms with E-state index in [2.05, 4.69) is 0 Å². The largest absolute Gasteiger partial charge is 0.417 e. The van der Waals surface area contributed by atoms with E-state index in [1.807, 2.05) is 31.2 Å². The molecule has 2 aliphatic rings. The van der Waals surface area contributed by atoms with Gasteiger partial charge >= 0.3 is 6.18 Å². The molecule has 2 fully saturated rings. The zero-order chi connectivity index (χ0) is 21.0. The van der Waals surface area contributed by atoms with Crippen molar-refractivity contribution in [3.05, 3.63) is 59.2 Å². The molecule has 0 N–H and O–H groups in total. The van der Waals surface area contributed by atoms with E-state index in [1.54, 1.807) is 11.0 Å². The molecule has 0 atom stereocenters. The molecule has 0 aromatic heterocycles. The van der Waals surface area contributed by atoms with Gasteiger partial charge in [0.05, 0.1) is 22.9 Å². The van der Waals surface area contributed by atoms with E-state index < -0.39 is 22.8 Å². The van der Waals surface area contributed by atoms with Gasteiger partial charge < -0.3 is 4.90 Å². The first-order chi connectivity index (χ1) is 13.7. The normalized spacial score (nSPS) is 18.2. The van der Waals surface area contributed by atoms with Crippen molar-refractivity contribution in [2.45, 2.75) is 37.9 Å². The van der Waals surface area contributed by atoms with Gasteiger partial charge in [-0.3, -0.25) is 9.69 Å². The van der Waals surface area contributed by atoms with Crippen LogP contribution < -0.4 is 9.80 Å². The fourth-order valence-corrected chi connectivity index (χ4v) is 4.46. The zero-order valence-corrected chi connectivity index (χ0v) is 16.3. The maximum absolute atomic E-state index is 13.4. The lowest BCUT2D eigenvalue weighted by Gasteiger charge is -2.43. The summed E-state index contributed by atoms with van der Waals surface area (Å²) in [5.74, 6) is -0.324. The fourth-order valence-electron chi connectivity index (χ4n) is 4.00. The quantitative estimate of drug-likeness (QED) is 0.652. The molecule has 148 valence electrons. The van der Waals surface area contributed by atoms with E-state index in [4.69, 9.17) is 17.5 Å². The number of nitriles is 1. The van der Waals surface area contributed by atoms with Crippen LogP contribution in [0, 0.1) is 18.3 Å². The van der Waals surface area contributed by atoms with Crippen molar-refractivity contribution < 1.29 is 18.0 Å². The summed E-state index contributed by atoms with van der Waals surface area (Å²) in [6.45, 7) is 1.90. The van der Waals surface area contributed by atoms with Crippen LogP contribution in [0.15, 0.2) is 42.5 Å².